The molecule has 1 rings (SSSR count). The van der Waals surface area contributed by atoms with E-state index in [-0.39, 0.29) is 18.4 Å². The summed E-state index contributed by atoms with van der Waals surface area (Å²) in [5.74, 6) is -0.0535. The molecule has 13 heavy (non-hydrogen) atoms. The molecule has 0 radical (unpaired) electrons. The van der Waals surface area contributed by atoms with Crippen LogP contribution in [0.4, 0.5) is 0 Å². The molecule has 4 nitrogen and oxygen atoms in total. The van der Waals surface area contributed by atoms with Gasteiger partial charge in [0.2, 0.25) is 5.91 Å². The smallest absolute Gasteiger partial charge is 0.222 e. The molecule has 0 aromatic heterocycles. The Morgan fingerprint density at radius 2 is 2.38 bits per heavy atom. The number of amides is 1. The van der Waals surface area contributed by atoms with Crippen LogP contribution in [0.2, 0.25) is 0 Å². The van der Waals surface area contributed by atoms with E-state index in [4.69, 9.17) is 5.26 Å². The second kappa shape index (κ2) is 4.83. The molecule has 1 aliphatic carbocycles. The first-order valence-corrected chi connectivity index (χ1v) is 4.68. The van der Waals surface area contributed by atoms with Crippen molar-refractivity contribution in [3.8, 4) is 6.07 Å². The van der Waals surface area contributed by atoms with E-state index in [2.05, 4.69) is 16.7 Å². The number of nitriles is 1. The summed E-state index contributed by atoms with van der Waals surface area (Å²) in [5.41, 5.74) is 0. The monoisotopic (exact) mass is 181 g/mol. The number of hydrogen-bond acceptors (Lipinski definition) is 3. The van der Waals surface area contributed by atoms with Crippen LogP contribution in [0.1, 0.15) is 26.2 Å². The van der Waals surface area contributed by atoms with Crippen LogP contribution in [0.3, 0.4) is 0 Å². The molecule has 2 N–H and O–H groups in total. The first kappa shape index (κ1) is 10.0. The van der Waals surface area contributed by atoms with Crippen molar-refractivity contribution in [3.05, 3.63) is 0 Å². The van der Waals surface area contributed by atoms with E-state index in [0.717, 1.165) is 12.8 Å². The highest BCUT2D eigenvalue weighted by Crippen LogP contribution is 2.19. The first-order chi connectivity index (χ1) is 6.26. The molecule has 1 atom stereocenters. The third-order valence-electron chi connectivity index (χ3n) is 1.93. The molecule has 4 heteroatoms. The predicted octanol–water partition coefficient (Wildman–Crippen LogP) is 0.157. The largest absolute Gasteiger partial charge is 0.356 e. The maximum Gasteiger partial charge on any atom is 0.222 e. The molecule has 0 saturated heterocycles. The lowest BCUT2D eigenvalue weighted by Crippen LogP contribution is -2.35. The van der Waals surface area contributed by atoms with Crippen molar-refractivity contribution >= 4 is 5.91 Å². The lowest BCUT2D eigenvalue weighted by atomic mass is 10.2. The van der Waals surface area contributed by atoms with Crippen LogP contribution in [0.25, 0.3) is 0 Å². The fraction of sp³-hybridized carbons (Fsp3) is 0.778. The molecule has 0 aromatic rings. The molecular weight excluding hydrogens is 166 g/mol. The minimum atomic E-state index is -0.320. The number of rotatable bonds is 5. The van der Waals surface area contributed by atoms with Gasteiger partial charge in [0.25, 0.3) is 0 Å². The molecule has 0 bridgehead atoms. The minimum Gasteiger partial charge on any atom is -0.356 e. The zero-order valence-corrected chi connectivity index (χ0v) is 7.84. The Balaban J connectivity index is 2.22. The van der Waals surface area contributed by atoms with Crippen LogP contribution in [0.15, 0.2) is 0 Å². The molecule has 1 saturated carbocycles. The lowest BCUT2D eigenvalue weighted by molar-refractivity contribution is -0.121. The van der Waals surface area contributed by atoms with Crippen LogP contribution in [-0.4, -0.2) is 24.5 Å². The van der Waals surface area contributed by atoms with Gasteiger partial charge in [-0.2, -0.15) is 5.26 Å². The summed E-state index contributed by atoms with van der Waals surface area (Å²) in [6.07, 6.45) is 2.53. The van der Waals surface area contributed by atoms with Gasteiger partial charge in [0, 0.05) is 12.6 Å². The van der Waals surface area contributed by atoms with Gasteiger partial charge in [0.15, 0.2) is 0 Å². The van der Waals surface area contributed by atoms with Gasteiger partial charge in [0.05, 0.1) is 12.5 Å². The van der Waals surface area contributed by atoms with Crippen LogP contribution in [0, 0.1) is 11.3 Å². The average molecular weight is 181 g/mol. The van der Waals surface area contributed by atoms with E-state index < -0.39 is 0 Å². The Hall–Kier alpha value is -1.08. The van der Waals surface area contributed by atoms with Crippen molar-refractivity contribution in [2.75, 3.05) is 6.54 Å². The number of hydrogen-bond donors (Lipinski definition) is 2. The topological polar surface area (TPSA) is 64.9 Å². The van der Waals surface area contributed by atoms with Gasteiger partial charge < -0.3 is 5.32 Å². The first-order valence-electron chi connectivity index (χ1n) is 4.68. The Labute approximate surface area is 78.3 Å². The maximum absolute atomic E-state index is 11.1. The quantitative estimate of drug-likeness (QED) is 0.635. The molecule has 0 spiro atoms. The van der Waals surface area contributed by atoms with Crippen molar-refractivity contribution < 1.29 is 4.79 Å². The van der Waals surface area contributed by atoms with E-state index >= 15 is 0 Å². The fourth-order valence-electron chi connectivity index (χ4n) is 1.13. The average Bonchev–Trinajstić information content (AvgIpc) is 2.87. The van der Waals surface area contributed by atoms with Crippen molar-refractivity contribution in [2.45, 2.75) is 38.3 Å². The molecule has 1 fully saturated rings. The van der Waals surface area contributed by atoms with Gasteiger partial charge in [0.1, 0.15) is 6.04 Å². The van der Waals surface area contributed by atoms with Gasteiger partial charge in [-0.05, 0) is 19.8 Å². The molecule has 1 unspecified atom stereocenters. The number of nitrogens with zero attached hydrogens (tertiary/aromatic N) is 1. The van der Waals surface area contributed by atoms with Gasteiger partial charge in [-0.1, -0.05) is 0 Å². The Bertz CT molecular complexity index is 217. The van der Waals surface area contributed by atoms with Crippen LogP contribution < -0.4 is 10.6 Å². The highest BCUT2D eigenvalue weighted by Gasteiger charge is 2.25. The Morgan fingerprint density at radius 1 is 1.69 bits per heavy atom. The third kappa shape index (κ3) is 3.90. The lowest BCUT2D eigenvalue weighted by Gasteiger charge is -2.09. The number of carbonyl (C=O) groups is 1. The van der Waals surface area contributed by atoms with Crippen LogP contribution in [0.5, 0.6) is 0 Å². The van der Waals surface area contributed by atoms with Crippen molar-refractivity contribution in [3.63, 3.8) is 0 Å². The van der Waals surface area contributed by atoms with Gasteiger partial charge in [-0.25, -0.2) is 0 Å². The van der Waals surface area contributed by atoms with Crippen molar-refractivity contribution in [1.29, 1.82) is 5.26 Å². The van der Waals surface area contributed by atoms with E-state index in [1.807, 2.05) is 6.92 Å². The van der Waals surface area contributed by atoms with Gasteiger partial charge in [-0.15, -0.1) is 0 Å². The molecule has 0 heterocycles. The molecule has 0 aliphatic heterocycles. The number of carbonyl (C=O) groups excluding carboxylic acids is 1. The zero-order chi connectivity index (χ0) is 9.68. The number of nitrogens with one attached hydrogen (secondary N) is 2. The summed E-state index contributed by atoms with van der Waals surface area (Å²) in [6.45, 7) is 2.49. The molecule has 1 amide bonds. The summed E-state index contributed by atoms with van der Waals surface area (Å²) in [7, 11) is 0. The summed E-state index contributed by atoms with van der Waals surface area (Å²) < 4.78 is 0. The van der Waals surface area contributed by atoms with Gasteiger partial charge >= 0.3 is 0 Å². The summed E-state index contributed by atoms with van der Waals surface area (Å²) in [4.78, 5) is 11.1. The second-order valence-corrected chi connectivity index (χ2v) is 3.28. The molecule has 1 aliphatic rings. The van der Waals surface area contributed by atoms with Crippen molar-refractivity contribution in [1.82, 2.24) is 10.6 Å². The summed E-state index contributed by atoms with van der Waals surface area (Å²) in [6, 6.07) is 2.24. The van der Waals surface area contributed by atoms with E-state index in [1.165, 1.54) is 0 Å². The third-order valence-corrected chi connectivity index (χ3v) is 1.93. The van der Waals surface area contributed by atoms with E-state index in [0.29, 0.717) is 12.6 Å². The van der Waals surface area contributed by atoms with Gasteiger partial charge in [-0.3, -0.25) is 10.1 Å². The Kier molecular flexibility index (Phi) is 3.71. The normalized spacial score (nSPS) is 17.5. The second-order valence-electron chi connectivity index (χ2n) is 3.28. The van der Waals surface area contributed by atoms with Crippen molar-refractivity contribution in [2.24, 2.45) is 0 Å². The maximum atomic E-state index is 11.1. The Morgan fingerprint density at radius 3 is 2.85 bits per heavy atom. The minimum absolute atomic E-state index is 0.0535. The van der Waals surface area contributed by atoms with Crippen LogP contribution in [-0.2, 0) is 4.79 Å². The molecule has 0 aromatic carbocycles. The highest BCUT2D eigenvalue weighted by atomic mass is 16.1. The molecule has 72 valence electrons. The highest BCUT2D eigenvalue weighted by molar-refractivity contribution is 5.76. The predicted molar refractivity (Wildman–Crippen MR) is 48.9 cm³/mol. The zero-order valence-electron chi connectivity index (χ0n) is 7.84. The summed E-state index contributed by atoms with van der Waals surface area (Å²) >= 11 is 0. The fourth-order valence-corrected chi connectivity index (χ4v) is 1.13. The van der Waals surface area contributed by atoms with E-state index in [1.54, 1.807) is 0 Å². The SMILES string of the molecule is CCNC(=O)CC(C#N)NC1CC1. The van der Waals surface area contributed by atoms with Crippen LogP contribution >= 0.6 is 0 Å². The summed E-state index contributed by atoms with van der Waals surface area (Å²) in [5, 5.41) is 14.5. The van der Waals surface area contributed by atoms with E-state index in [9.17, 15) is 4.79 Å². The standard InChI is InChI=1S/C9H15N3O/c1-2-11-9(13)5-8(6-10)12-7-3-4-7/h7-8,12H,2-5H2,1H3,(H,11,13). The molecular formula is C9H15N3O.